The van der Waals surface area contributed by atoms with Gasteiger partial charge in [0.15, 0.2) is 0 Å². The second-order valence-corrected chi connectivity index (χ2v) is 14.6. The molecule has 2 nitrogen and oxygen atoms in total. The Kier molecular flexibility index (Phi) is 7.19. The molecule has 2 heteroatoms. The van der Waals surface area contributed by atoms with Gasteiger partial charge in [-0.3, -0.25) is 0 Å². The SMILES string of the molecule is CC1(C)c2ccccc2-c2ccc(-c3ccc(N(c4ccccc4)c4ccc5c(c4)c4c(-c6ccccc6)cccc4n5-c4ccccc4)cc3)cc21. The molecule has 0 spiro atoms. The van der Waals surface area contributed by atoms with Crippen molar-refractivity contribution in [2.24, 2.45) is 0 Å². The van der Waals surface area contributed by atoms with Gasteiger partial charge in [0.2, 0.25) is 0 Å². The first kappa shape index (κ1) is 31.1. The van der Waals surface area contributed by atoms with E-state index in [-0.39, 0.29) is 5.41 Å². The fraction of sp³-hybridized carbons (Fsp3) is 0.0588. The van der Waals surface area contributed by atoms with E-state index in [4.69, 9.17) is 0 Å². The quantitative estimate of drug-likeness (QED) is 0.170. The standard InChI is InChI=1S/C51H38N2/c1-51(2)46-23-13-12-21-43(46)44-31-27-37(33-47(44)51)35-25-28-40(29-26-35)52(38-17-8-4-9-18-38)41-30-32-48-45(34-41)50-42(36-15-6-3-7-16-36)22-14-24-49(50)53(48)39-19-10-5-11-20-39/h3-34H,1-2H3. The van der Waals surface area contributed by atoms with E-state index in [9.17, 15) is 0 Å². The molecule has 0 saturated carbocycles. The third kappa shape index (κ3) is 5.02. The number of hydrogen-bond acceptors (Lipinski definition) is 1. The highest BCUT2D eigenvalue weighted by Crippen LogP contribution is 2.50. The molecule has 1 aromatic heterocycles. The molecule has 8 aromatic carbocycles. The summed E-state index contributed by atoms with van der Waals surface area (Å²) in [6, 6.07) is 70.7. The predicted octanol–water partition coefficient (Wildman–Crippen LogP) is 13.9. The minimum atomic E-state index is -0.0331. The van der Waals surface area contributed by atoms with E-state index in [1.165, 1.54) is 66.3 Å². The molecule has 1 heterocycles. The lowest BCUT2D eigenvalue weighted by molar-refractivity contribution is 0.660. The van der Waals surface area contributed by atoms with Crippen LogP contribution in [-0.4, -0.2) is 4.57 Å². The molecule has 10 rings (SSSR count). The van der Waals surface area contributed by atoms with Gasteiger partial charge in [-0.1, -0.05) is 141 Å². The molecular formula is C51H38N2. The van der Waals surface area contributed by atoms with Crippen molar-refractivity contribution in [3.05, 3.63) is 205 Å². The van der Waals surface area contributed by atoms with Crippen LogP contribution in [0.25, 0.3) is 60.9 Å². The highest BCUT2D eigenvalue weighted by molar-refractivity contribution is 6.16. The van der Waals surface area contributed by atoms with E-state index in [0.29, 0.717) is 0 Å². The molecule has 0 aliphatic heterocycles. The van der Waals surface area contributed by atoms with Gasteiger partial charge in [0.1, 0.15) is 0 Å². The summed E-state index contributed by atoms with van der Waals surface area (Å²) in [5.41, 5.74) is 17.2. The van der Waals surface area contributed by atoms with E-state index < -0.39 is 0 Å². The Morgan fingerprint density at radius 2 is 1.00 bits per heavy atom. The predicted molar refractivity (Wildman–Crippen MR) is 224 cm³/mol. The van der Waals surface area contributed by atoms with Crippen molar-refractivity contribution in [2.75, 3.05) is 4.90 Å². The number of benzene rings is 8. The molecule has 1 aliphatic carbocycles. The number of nitrogens with zero attached hydrogens (tertiary/aromatic N) is 2. The van der Waals surface area contributed by atoms with Crippen LogP contribution >= 0.6 is 0 Å². The average Bonchev–Trinajstić information content (AvgIpc) is 3.67. The van der Waals surface area contributed by atoms with Gasteiger partial charge in [-0.05, 0) is 111 Å². The lowest BCUT2D eigenvalue weighted by Crippen LogP contribution is -2.14. The van der Waals surface area contributed by atoms with Gasteiger partial charge in [-0.2, -0.15) is 0 Å². The molecule has 0 N–H and O–H groups in total. The third-order valence-corrected chi connectivity index (χ3v) is 11.2. The molecule has 0 saturated heterocycles. The van der Waals surface area contributed by atoms with Gasteiger partial charge in [0, 0.05) is 38.9 Å². The zero-order valence-electron chi connectivity index (χ0n) is 29.9. The fourth-order valence-electron chi connectivity index (χ4n) is 8.62. The van der Waals surface area contributed by atoms with E-state index in [0.717, 1.165) is 22.7 Å². The van der Waals surface area contributed by atoms with Crippen molar-refractivity contribution in [3.63, 3.8) is 0 Å². The van der Waals surface area contributed by atoms with Crippen LogP contribution in [0.15, 0.2) is 194 Å². The average molecular weight is 679 g/mol. The maximum Gasteiger partial charge on any atom is 0.0547 e. The van der Waals surface area contributed by atoms with Crippen molar-refractivity contribution in [3.8, 4) is 39.1 Å². The highest BCUT2D eigenvalue weighted by atomic mass is 15.1. The molecule has 0 bridgehead atoms. The first-order valence-electron chi connectivity index (χ1n) is 18.4. The lowest BCUT2D eigenvalue weighted by Gasteiger charge is -2.26. The molecule has 1 aliphatic rings. The topological polar surface area (TPSA) is 8.17 Å². The Labute approximate surface area is 310 Å². The molecule has 0 fully saturated rings. The highest BCUT2D eigenvalue weighted by Gasteiger charge is 2.35. The lowest BCUT2D eigenvalue weighted by atomic mass is 9.81. The van der Waals surface area contributed by atoms with Gasteiger partial charge >= 0.3 is 0 Å². The number of anilines is 3. The van der Waals surface area contributed by atoms with Crippen molar-refractivity contribution >= 4 is 38.9 Å². The summed E-state index contributed by atoms with van der Waals surface area (Å²) in [5.74, 6) is 0. The second kappa shape index (κ2) is 12.3. The van der Waals surface area contributed by atoms with E-state index in [2.05, 4.69) is 217 Å². The summed E-state index contributed by atoms with van der Waals surface area (Å²) in [6.07, 6.45) is 0. The maximum atomic E-state index is 2.40. The molecule has 0 radical (unpaired) electrons. The van der Waals surface area contributed by atoms with Crippen LogP contribution in [0.1, 0.15) is 25.0 Å². The number of aromatic nitrogens is 1. The number of rotatable bonds is 6. The fourth-order valence-corrected chi connectivity index (χ4v) is 8.62. The largest absolute Gasteiger partial charge is 0.310 e. The third-order valence-electron chi connectivity index (χ3n) is 11.2. The summed E-state index contributed by atoms with van der Waals surface area (Å²) in [5, 5.41) is 2.48. The monoisotopic (exact) mass is 678 g/mol. The van der Waals surface area contributed by atoms with Gasteiger partial charge in [-0.15, -0.1) is 0 Å². The van der Waals surface area contributed by atoms with Crippen LogP contribution in [0.2, 0.25) is 0 Å². The summed E-state index contributed by atoms with van der Waals surface area (Å²) >= 11 is 0. The number of hydrogen-bond donors (Lipinski definition) is 0. The Hall–Kier alpha value is -6.64. The minimum Gasteiger partial charge on any atom is -0.310 e. The van der Waals surface area contributed by atoms with Crippen LogP contribution in [-0.2, 0) is 5.41 Å². The molecular weight excluding hydrogens is 641 g/mol. The molecule has 0 atom stereocenters. The Balaban J connectivity index is 1.12. The smallest absolute Gasteiger partial charge is 0.0547 e. The summed E-state index contributed by atoms with van der Waals surface area (Å²) < 4.78 is 2.40. The molecule has 0 unspecified atom stereocenters. The van der Waals surface area contributed by atoms with Crippen LogP contribution in [0.3, 0.4) is 0 Å². The Bertz CT molecular complexity index is 2780. The number of para-hydroxylation sites is 2. The summed E-state index contributed by atoms with van der Waals surface area (Å²) in [6.45, 7) is 4.69. The molecule has 53 heavy (non-hydrogen) atoms. The van der Waals surface area contributed by atoms with E-state index >= 15 is 0 Å². The van der Waals surface area contributed by atoms with Gasteiger partial charge in [0.25, 0.3) is 0 Å². The van der Waals surface area contributed by atoms with Crippen LogP contribution in [0.5, 0.6) is 0 Å². The van der Waals surface area contributed by atoms with Crippen LogP contribution in [0.4, 0.5) is 17.1 Å². The molecule has 0 amide bonds. The second-order valence-electron chi connectivity index (χ2n) is 14.6. The van der Waals surface area contributed by atoms with Crippen molar-refractivity contribution in [1.82, 2.24) is 4.57 Å². The van der Waals surface area contributed by atoms with E-state index in [1.807, 2.05) is 0 Å². The zero-order valence-corrected chi connectivity index (χ0v) is 29.9. The molecule has 9 aromatic rings. The van der Waals surface area contributed by atoms with Gasteiger partial charge < -0.3 is 9.47 Å². The Morgan fingerprint density at radius 3 is 1.77 bits per heavy atom. The van der Waals surface area contributed by atoms with Crippen molar-refractivity contribution in [2.45, 2.75) is 19.3 Å². The van der Waals surface area contributed by atoms with E-state index in [1.54, 1.807) is 0 Å². The summed E-state index contributed by atoms with van der Waals surface area (Å²) in [4.78, 5) is 2.38. The normalized spacial score (nSPS) is 12.9. The first-order chi connectivity index (χ1) is 26.1. The zero-order chi connectivity index (χ0) is 35.5. The maximum absolute atomic E-state index is 2.40. The van der Waals surface area contributed by atoms with Crippen molar-refractivity contribution < 1.29 is 0 Å². The first-order valence-corrected chi connectivity index (χ1v) is 18.4. The van der Waals surface area contributed by atoms with Gasteiger partial charge in [-0.25, -0.2) is 0 Å². The van der Waals surface area contributed by atoms with Crippen LogP contribution < -0.4 is 4.90 Å². The Morgan fingerprint density at radius 1 is 0.396 bits per heavy atom. The van der Waals surface area contributed by atoms with Crippen molar-refractivity contribution in [1.29, 1.82) is 0 Å². The van der Waals surface area contributed by atoms with Gasteiger partial charge in [0.05, 0.1) is 11.0 Å². The molecule has 252 valence electrons. The number of fused-ring (bicyclic) bond motifs is 6. The van der Waals surface area contributed by atoms with Crippen LogP contribution in [0, 0.1) is 0 Å². The minimum absolute atomic E-state index is 0.0331. The summed E-state index contributed by atoms with van der Waals surface area (Å²) in [7, 11) is 0.